The van der Waals surface area contributed by atoms with Crippen molar-refractivity contribution < 1.29 is 14.3 Å². The Labute approximate surface area is 132 Å². The summed E-state index contributed by atoms with van der Waals surface area (Å²) in [6.45, 7) is 0. The maximum Gasteiger partial charge on any atom is 0.335 e. The minimum Gasteiger partial charge on any atom is -0.478 e. The Balaban J connectivity index is 1.80. The first-order valence-electron chi connectivity index (χ1n) is 6.94. The number of pyridine rings is 1. The lowest BCUT2D eigenvalue weighted by Crippen LogP contribution is -1.98. The first-order valence-corrected chi connectivity index (χ1v) is 6.94. The lowest BCUT2D eigenvalue weighted by molar-refractivity contribution is 0.0697. The Bertz CT molecular complexity index is 848. The number of carbonyl (C=O) groups is 1. The minimum absolute atomic E-state index is 0.200. The van der Waals surface area contributed by atoms with Gasteiger partial charge in [0.25, 0.3) is 0 Å². The summed E-state index contributed by atoms with van der Waals surface area (Å²) in [5.41, 5.74) is 2.38. The van der Waals surface area contributed by atoms with Gasteiger partial charge in [0.2, 0.25) is 0 Å². The van der Waals surface area contributed by atoms with Crippen LogP contribution in [0.2, 0.25) is 0 Å². The van der Waals surface area contributed by atoms with E-state index in [-0.39, 0.29) is 11.4 Å². The molecule has 1 aromatic heterocycles. The van der Waals surface area contributed by atoms with Crippen molar-refractivity contribution in [2.45, 2.75) is 0 Å². The SMILES string of the molecule is O=C(O)c1cccc(Nc2ccc(-c3cccc(F)c3)cn2)c1. The molecule has 0 radical (unpaired) electrons. The van der Waals surface area contributed by atoms with E-state index in [9.17, 15) is 9.18 Å². The lowest BCUT2D eigenvalue weighted by Gasteiger charge is -2.07. The third kappa shape index (κ3) is 3.52. The molecule has 5 heteroatoms. The van der Waals surface area contributed by atoms with Gasteiger partial charge in [-0.3, -0.25) is 0 Å². The summed E-state index contributed by atoms with van der Waals surface area (Å²) in [6.07, 6.45) is 1.64. The number of halogens is 1. The summed E-state index contributed by atoms with van der Waals surface area (Å²) in [5.74, 6) is -0.703. The lowest BCUT2D eigenvalue weighted by atomic mass is 10.1. The molecule has 1 heterocycles. The molecular formula is C18H13FN2O2. The van der Waals surface area contributed by atoms with Gasteiger partial charge in [-0.05, 0) is 48.0 Å². The Kier molecular flexibility index (Phi) is 4.01. The molecular weight excluding hydrogens is 295 g/mol. The Hall–Kier alpha value is -3.21. The van der Waals surface area contributed by atoms with Gasteiger partial charge in [0.1, 0.15) is 11.6 Å². The van der Waals surface area contributed by atoms with Crippen molar-refractivity contribution in [2.75, 3.05) is 5.32 Å². The molecule has 0 fully saturated rings. The fourth-order valence-corrected chi connectivity index (χ4v) is 2.18. The number of hydrogen-bond acceptors (Lipinski definition) is 3. The third-order valence-corrected chi connectivity index (χ3v) is 3.30. The van der Waals surface area contributed by atoms with Crippen LogP contribution in [0.25, 0.3) is 11.1 Å². The highest BCUT2D eigenvalue weighted by molar-refractivity contribution is 5.89. The zero-order valence-corrected chi connectivity index (χ0v) is 12.0. The topological polar surface area (TPSA) is 62.2 Å². The van der Waals surface area contributed by atoms with E-state index in [4.69, 9.17) is 5.11 Å². The predicted octanol–water partition coefficient (Wildman–Crippen LogP) is 4.33. The number of rotatable bonds is 4. The average Bonchev–Trinajstić information content (AvgIpc) is 2.56. The van der Waals surface area contributed by atoms with Crippen molar-refractivity contribution in [1.29, 1.82) is 0 Å². The average molecular weight is 308 g/mol. The predicted molar refractivity (Wildman–Crippen MR) is 86.3 cm³/mol. The molecule has 0 aliphatic heterocycles. The molecule has 0 saturated carbocycles. The highest BCUT2D eigenvalue weighted by Crippen LogP contribution is 2.22. The summed E-state index contributed by atoms with van der Waals surface area (Å²) >= 11 is 0. The maximum atomic E-state index is 13.2. The normalized spacial score (nSPS) is 10.3. The van der Waals surface area contributed by atoms with E-state index in [1.165, 1.54) is 24.3 Å². The first kappa shape index (κ1) is 14.7. The molecule has 114 valence electrons. The van der Waals surface area contributed by atoms with E-state index in [0.717, 1.165) is 11.1 Å². The minimum atomic E-state index is -0.983. The van der Waals surface area contributed by atoms with Gasteiger partial charge in [0.15, 0.2) is 0 Å². The summed E-state index contributed by atoms with van der Waals surface area (Å²) in [5, 5.41) is 12.0. The van der Waals surface area contributed by atoms with E-state index >= 15 is 0 Å². The molecule has 4 nitrogen and oxygen atoms in total. The van der Waals surface area contributed by atoms with Crippen molar-refractivity contribution in [1.82, 2.24) is 4.98 Å². The van der Waals surface area contributed by atoms with Crippen LogP contribution in [-0.4, -0.2) is 16.1 Å². The Morgan fingerprint density at radius 1 is 1.00 bits per heavy atom. The monoisotopic (exact) mass is 308 g/mol. The molecule has 0 saturated heterocycles. The number of anilines is 2. The molecule has 0 atom stereocenters. The van der Waals surface area contributed by atoms with Gasteiger partial charge in [-0.2, -0.15) is 0 Å². The van der Waals surface area contributed by atoms with Crippen molar-refractivity contribution in [2.24, 2.45) is 0 Å². The van der Waals surface area contributed by atoms with Gasteiger partial charge in [-0.1, -0.05) is 18.2 Å². The molecule has 2 aromatic carbocycles. The molecule has 2 N–H and O–H groups in total. The van der Waals surface area contributed by atoms with Gasteiger partial charge < -0.3 is 10.4 Å². The third-order valence-electron chi connectivity index (χ3n) is 3.30. The smallest absolute Gasteiger partial charge is 0.335 e. The number of hydrogen-bond donors (Lipinski definition) is 2. The summed E-state index contributed by atoms with van der Waals surface area (Å²) in [7, 11) is 0. The van der Waals surface area contributed by atoms with Crippen LogP contribution in [0.5, 0.6) is 0 Å². The van der Waals surface area contributed by atoms with Crippen LogP contribution in [0.4, 0.5) is 15.9 Å². The largest absolute Gasteiger partial charge is 0.478 e. The second-order valence-corrected chi connectivity index (χ2v) is 4.95. The summed E-state index contributed by atoms with van der Waals surface area (Å²) < 4.78 is 13.2. The molecule has 23 heavy (non-hydrogen) atoms. The molecule has 0 unspecified atom stereocenters. The highest BCUT2D eigenvalue weighted by Gasteiger charge is 2.04. The number of benzene rings is 2. The quantitative estimate of drug-likeness (QED) is 0.753. The van der Waals surface area contributed by atoms with Gasteiger partial charge in [0.05, 0.1) is 5.56 Å². The van der Waals surface area contributed by atoms with Gasteiger partial charge >= 0.3 is 5.97 Å². The van der Waals surface area contributed by atoms with Crippen LogP contribution in [0, 0.1) is 5.82 Å². The number of nitrogens with one attached hydrogen (secondary N) is 1. The maximum absolute atomic E-state index is 13.2. The number of aromatic carboxylic acids is 1. The van der Waals surface area contributed by atoms with Crippen molar-refractivity contribution in [3.8, 4) is 11.1 Å². The highest BCUT2D eigenvalue weighted by atomic mass is 19.1. The van der Waals surface area contributed by atoms with Crippen LogP contribution in [0.3, 0.4) is 0 Å². The van der Waals surface area contributed by atoms with E-state index in [2.05, 4.69) is 10.3 Å². The second kappa shape index (κ2) is 6.27. The van der Waals surface area contributed by atoms with Crippen molar-refractivity contribution in [3.63, 3.8) is 0 Å². The standard InChI is InChI=1S/C18H13FN2O2/c19-15-5-1-3-12(9-15)14-7-8-17(20-11-14)21-16-6-2-4-13(10-16)18(22)23/h1-11H,(H,20,21)(H,22,23). The van der Waals surface area contributed by atoms with Crippen LogP contribution in [0.1, 0.15) is 10.4 Å². The molecule has 0 amide bonds. The van der Waals surface area contributed by atoms with Gasteiger partial charge in [-0.15, -0.1) is 0 Å². The Morgan fingerprint density at radius 2 is 1.83 bits per heavy atom. The number of carboxylic acids is 1. The number of nitrogens with zero attached hydrogens (tertiary/aromatic N) is 1. The molecule has 0 bridgehead atoms. The van der Waals surface area contributed by atoms with Crippen LogP contribution in [0.15, 0.2) is 66.9 Å². The summed E-state index contributed by atoms with van der Waals surface area (Å²) in [6, 6.07) is 16.3. The zero-order chi connectivity index (χ0) is 16.2. The van der Waals surface area contributed by atoms with E-state index < -0.39 is 5.97 Å². The van der Waals surface area contributed by atoms with E-state index in [1.54, 1.807) is 30.5 Å². The Morgan fingerprint density at radius 3 is 2.52 bits per heavy atom. The zero-order valence-electron chi connectivity index (χ0n) is 12.0. The fourth-order valence-electron chi connectivity index (χ4n) is 2.18. The molecule has 3 rings (SSSR count). The van der Waals surface area contributed by atoms with Crippen molar-refractivity contribution >= 4 is 17.5 Å². The van der Waals surface area contributed by atoms with Crippen LogP contribution in [-0.2, 0) is 0 Å². The van der Waals surface area contributed by atoms with E-state index in [0.29, 0.717) is 11.5 Å². The number of carboxylic acid groups (broad SMARTS) is 1. The number of aromatic nitrogens is 1. The molecule has 0 aliphatic rings. The first-order chi connectivity index (χ1) is 11.1. The molecule has 0 spiro atoms. The van der Waals surface area contributed by atoms with Gasteiger partial charge in [0, 0.05) is 17.4 Å². The molecule has 3 aromatic rings. The van der Waals surface area contributed by atoms with Crippen molar-refractivity contribution in [3.05, 3.63) is 78.2 Å². The second-order valence-electron chi connectivity index (χ2n) is 4.95. The van der Waals surface area contributed by atoms with Crippen LogP contribution >= 0.6 is 0 Å². The fraction of sp³-hybridized carbons (Fsp3) is 0. The van der Waals surface area contributed by atoms with Gasteiger partial charge in [-0.25, -0.2) is 14.2 Å². The molecule has 0 aliphatic carbocycles. The van der Waals surface area contributed by atoms with E-state index in [1.807, 2.05) is 12.1 Å². The summed E-state index contributed by atoms with van der Waals surface area (Å²) in [4.78, 5) is 15.2. The van der Waals surface area contributed by atoms with Crippen LogP contribution < -0.4 is 5.32 Å².